The van der Waals surface area contributed by atoms with E-state index in [9.17, 15) is 4.79 Å². The molecule has 0 aromatic heterocycles. The fourth-order valence-electron chi connectivity index (χ4n) is 1.66. The SMILES string of the molecule is CCCCC(C#CC(=O)C=C(C)C)Sc1ccccc1. The van der Waals surface area contributed by atoms with Gasteiger partial charge in [-0.25, -0.2) is 0 Å². The van der Waals surface area contributed by atoms with Crippen LogP contribution in [0, 0.1) is 11.8 Å². The summed E-state index contributed by atoms with van der Waals surface area (Å²) >= 11 is 1.74. The van der Waals surface area contributed by atoms with E-state index in [1.54, 1.807) is 17.8 Å². The van der Waals surface area contributed by atoms with Crippen molar-refractivity contribution in [2.24, 2.45) is 0 Å². The van der Waals surface area contributed by atoms with Crippen LogP contribution in [-0.2, 0) is 4.79 Å². The van der Waals surface area contributed by atoms with E-state index < -0.39 is 0 Å². The van der Waals surface area contributed by atoms with Crippen LogP contribution in [0.5, 0.6) is 0 Å². The molecule has 0 amide bonds. The molecule has 1 unspecified atom stereocenters. The Morgan fingerprint density at radius 2 is 2.00 bits per heavy atom. The maximum absolute atomic E-state index is 11.6. The Kier molecular flexibility index (Phi) is 7.84. The molecule has 0 fully saturated rings. The van der Waals surface area contributed by atoms with E-state index in [1.165, 1.54) is 4.90 Å². The average molecular weight is 286 g/mol. The van der Waals surface area contributed by atoms with Crippen molar-refractivity contribution in [3.63, 3.8) is 0 Å². The van der Waals surface area contributed by atoms with Crippen LogP contribution in [0.1, 0.15) is 40.0 Å². The van der Waals surface area contributed by atoms with E-state index in [2.05, 4.69) is 30.9 Å². The molecule has 0 saturated heterocycles. The summed E-state index contributed by atoms with van der Waals surface area (Å²) < 4.78 is 0. The highest BCUT2D eigenvalue weighted by Crippen LogP contribution is 2.25. The van der Waals surface area contributed by atoms with Crippen LogP contribution in [-0.4, -0.2) is 11.0 Å². The van der Waals surface area contributed by atoms with E-state index in [1.807, 2.05) is 32.0 Å². The van der Waals surface area contributed by atoms with Gasteiger partial charge in [0.1, 0.15) is 0 Å². The minimum atomic E-state index is -0.0971. The molecular formula is C18H22OS. The first-order valence-corrected chi connectivity index (χ1v) is 7.92. The van der Waals surface area contributed by atoms with Crippen molar-refractivity contribution < 1.29 is 4.79 Å². The van der Waals surface area contributed by atoms with Gasteiger partial charge in [-0.05, 0) is 44.4 Å². The Morgan fingerprint density at radius 1 is 1.30 bits per heavy atom. The van der Waals surface area contributed by atoms with E-state index in [0.717, 1.165) is 24.8 Å². The third-order valence-electron chi connectivity index (χ3n) is 2.62. The summed E-state index contributed by atoms with van der Waals surface area (Å²) in [7, 11) is 0. The number of carbonyl (C=O) groups excluding carboxylic acids is 1. The fourth-order valence-corrected chi connectivity index (χ4v) is 2.71. The summed E-state index contributed by atoms with van der Waals surface area (Å²) in [5, 5.41) is 0.187. The zero-order chi connectivity index (χ0) is 14.8. The number of benzene rings is 1. The fraction of sp³-hybridized carbons (Fsp3) is 0.389. The minimum absolute atomic E-state index is 0.0971. The van der Waals surface area contributed by atoms with Crippen LogP contribution >= 0.6 is 11.8 Å². The van der Waals surface area contributed by atoms with Crippen molar-refractivity contribution in [1.29, 1.82) is 0 Å². The molecule has 0 radical (unpaired) electrons. The maximum atomic E-state index is 11.6. The highest BCUT2D eigenvalue weighted by Gasteiger charge is 2.07. The summed E-state index contributed by atoms with van der Waals surface area (Å²) in [4.78, 5) is 12.8. The summed E-state index contributed by atoms with van der Waals surface area (Å²) in [5.41, 5.74) is 0.991. The number of hydrogen-bond donors (Lipinski definition) is 0. The largest absolute Gasteiger partial charge is 0.280 e. The molecule has 1 atom stereocenters. The van der Waals surface area contributed by atoms with Gasteiger partial charge in [-0.1, -0.05) is 49.5 Å². The third kappa shape index (κ3) is 7.21. The first-order chi connectivity index (χ1) is 9.61. The molecule has 0 saturated carbocycles. The van der Waals surface area contributed by atoms with Gasteiger partial charge in [0, 0.05) is 4.90 Å². The number of rotatable bonds is 6. The number of carbonyl (C=O) groups is 1. The molecule has 106 valence electrons. The molecule has 1 rings (SSSR count). The number of ketones is 1. The Balaban J connectivity index is 2.72. The van der Waals surface area contributed by atoms with Gasteiger partial charge >= 0.3 is 0 Å². The molecule has 20 heavy (non-hydrogen) atoms. The van der Waals surface area contributed by atoms with E-state index >= 15 is 0 Å². The number of thioether (sulfide) groups is 1. The zero-order valence-electron chi connectivity index (χ0n) is 12.5. The summed E-state index contributed by atoms with van der Waals surface area (Å²) in [6, 6.07) is 10.2. The van der Waals surface area contributed by atoms with E-state index in [4.69, 9.17) is 0 Å². The topological polar surface area (TPSA) is 17.1 Å². The van der Waals surface area contributed by atoms with Crippen LogP contribution in [0.4, 0.5) is 0 Å². The van der Waals surface area contributed by atoms with Gasteiger partial charge in [-0.2, -0.15) is 0 Å². The van der Waals surface area contributed by atoms with Crippen LogP contribution in [0.25, 0.3) is 0 Å². The smallest absolute Gasteiger partial charge is 0.228 e. The molecule has 0 heterocycles. The van der Waals surface area contributed by atoms with Gasteiger partial charge in [0.05, 0.1) is 5.25 Å². The second kappa shape index (κ2) is 9.44. The van der Waals surface area contributed by atoms with Crippen molar-refractivity contribution in [3.8, 4) is 11.8 Å². The lowest BCUT2D eigenvalue weighted by Crippen LogP contribution is -2.00. The van der Waals surface area contributed by atoms with Gasteiger partial charge in [-0.3, -0.25) is 4.79 Å². The average Bonchev–Trinajstić information content (AvgIpc) is 2.42. The monoisotopic (exact) mass is 286 g/mol. The summed E-state index contributed by atoms with van der Waals surface area (Å²) in [6.45, 7) is 5.99. The Morgan fingerprint density at radius 3 is 2.60 bits per heavy atom. The molecule has 0 spiro atoms. The van der Waals surface area contributed by atoms with Crippen LogP contribution in [0.15, 0.2) is 46.9 Å². The zero-order valence-corrected chi connectivity index (χ0v) is 13.3. The van der Waals surface area contributed by atoms with Crippen molar-refractivity contribution in [2.75, 3.05) is 0 Å². The molecule has 0 bridgehead atoms. The van der Waals surface area contributed by atoms with Crippen LogP contribution < -0.4 is 0 Å². The third-order valence-corrected chi connectivity index (χ3v) is 3.80. The van der Waals surface area contributed by atoms with Gasteiger partial charge in [-0.15, -0.1) is 11.8 Å². The number of hydrogen-bond acceptors (Lipinski definition) is 2. The molecule has 0 aliphatic carbocycles. The van der Waals surface area contributed by atoms with Gasteiger partial charge in [0.15, 0.2) is 0 Å². The minimum Gasteiger partial charge on any atom is -0.280 e. The highest BCUT2D eigenvalue weighted by molar-refractivity contribution is 8.00. The highest BCUT2D eigenvalue weighted by atomic mass is 32.2. The lowest BCUT2D eigenvalue weighted by atomic mass is 10.2. The molecule has 1 aromatic rings. The lowest BCUT2D eigenvalue weighted by Gasteiger charge is -2.09. The molecule has 1 aromatic carbocycles. The first kappa shape index (κ1) is 16.6. The summed E-state index contributed by atoms with van der Waals surface area (Å²) in [5.74, 6) is 5.79. The maximum Gasteiger partial charge on any atom is 0.228 e. The summed E-state index contributed by atoms with van der Waals surface area (Å²) in [6.07, 6.45) is 4.90. The van der Waals surface area contributed by atoms with Crippen molar-refractivity contribution in [1.82, 2.24) is 0 Å². The van der Waals surface area contributed by atoms with Gasteiger partial charge in [0.25, 0.3) is 0 Å². The second-order valence-corrected chi connectivity index (χ2v) is 6.19. The van der Waals surface area contributed by atoms with Crippen molar-refractivity contribution in [2.45, 2.75) is 50.2 Å². The van der Waals surface area contributed by atoms with Crippen molar-refractivity contribution >= 4 is 17.5 Å². The number of unbranched alkanes of at least 4 members (excludes halogenated alkanes) is 1. The van der Waals surface area contributed by atoms with Crippen molar-refractivity contribution in [3.05, 3.63) is 42.0 Å². The van der Waals surface area contributed by atoms with Gasteiger partial charge in [0.2, 0.25) is 5.78 Å². The standard InChI is InChI=1S/C18H22OS/c1-4-5-9-18(13-12-16(19)14-15(2)3)20-17-10-7-6-8-11-17/h6-8,10-11,14,18H,4-5,9H2,1-3H3. The first-order valence-electron chi connectivity index (χ1n) is 7.04. The molecule has 0 aliphatic heterocycles. The van der Waals surface area contributed by atoms with Gasteiger partial charge < -0.3 is 0 Å². The van der Waals surface area contributed by atoms with E-state index in [0.29, 0.717) is 0 Å². The Labute approximate surface area is 126 Å². The Hall–Kier alpha value is -1.46. The predicted molar refractivity (Wildman–Crippen MR) is 87.8 cm³/mol. The predicted octanol–water partition coefficient (Wildman–Crippen LogP) is 4.88. The molecule has 1 nitrogen and oxygen atoms in total. The molecule has 0 aliphatic rings. The Bertz CT molecular complexity index is 501. The molecular weight excluding hydrogens is 264 g/mol. The molecule has 2 heteroatoms. The van der Waals surface area contributed by atoms with Crippen LogP contribution in [0.2, 0.25) is 0 Å². The lowest BCUT2D eigenvalue weighted by molar-refractivity contribution is -0.109. The molecule has 0 N–H and O–H groups in total. The van der Waals surface area contributed by atoms with Crippen LogP contribution in [0.3, 0.4) is 0 Å². The van der Waals surface area contributed by atoms with E-state index in [-0.39, 0.29) is 11.0 Å². The quantitative estimate of drug-likeness (QED) is 0.321. The normalized spacial score (nSPS) is 11.2. The number of allylic oxidation sites excluding steroid dienone is 2. The second-order valence-electron chi connectivity index (χ2n) is 4.92.